The van der Waals surface area contributed by atoms with Gasteiger partial charge in [-0.15, -0.1) is 0 Å². The number of nitrogens with one attached hydrogen (secondary N) is 1. The molecule has 3 heterocycles. The lowest BCUT2D eigenvalue weighted by atomic mass is 10.2. The number of aromatic nitrogens is 3. The van der Waals surface area contributed by atoms with Gasteiger partial charge < -0.3 is 14.2 Å². The van der Waals surface area contributed by atoms with Crippen molar-refractivity contribution in [3.8, 4) is 0 Å². The van der Waals surface area contributed by atoms with Gasteiger partial charge in [-0.25, -0.2) is 4.98 Å². The summed E-state index contributed by atoms with van der Waals surface area (Å²) >= 11 is 3.48. The minimum Gasteiger partial charge on any atom is -0.361 e. The third-order valence-electron chi connectivity index (χ3n) is 3.34. The number of rotatable bonds is 4. The molecule has 5 nitrogen and oxygen atoms in total. The quantitative estimate of drug-likeness (QED) is 0.796. The van der Waals surface area contributed by atoms with Crippen LogP contribution in [0.3, 0.4) is 0 Å². The van der Waals surface area contributed by atoms with Crippen LogP contribution in [-0.4, -0.2) is 14.5 Å². The Balaban J connectivity index is 1.73. The van der Waals surface area contributed by atoms with Crippen LogP contribution < -0.4 is 5.32 Å². The van der Waals surface area contributed by atoms with Crippen molar-refractivity contribution in [3.05, 3.63) is 51.7 Å². The smallest absolute Gasteiger partial charge is 0.138 e. The van der Waals surface area contributed by atoms with Crippen molar-refractivity contribution in [2.45, 2.75) is 26.9 Å². The molecule has 6 heteroatoms. The van der Waals surface area contributed by atoms with Crippen molar-refractivity contribution in [2.24, 2.45) is 0 Å². The first-order chi connectivity index (χ1) is 9.65. The fourth-order valence-electron chi connectivity index (χ4n) is 2.21. The fourth-order valence-corrected chi connectivity index (χ4v) is 2.54. The van der Waals surface area contributed by atoms with Gasteiger partial charge in [-0.3, -0.25) is 0 Å². The summed E-state index contributed by atoms with van der Waals surface area (Å²) in [4.78, 5) is 4.38. The molecule has 0 bridgehead atoms. The maximum absolute atomic E-state index is 5.16. The van der Waals surface area contributed by atoms with Gasteiger partial charge in [0.2, 0.25) is 0 Å². The number of imidazole rings is 1. The van der Waals surface area contributed by atoms with Crippen molar-refractivity contribution in [1.29, 1.82) is 0 Å². The number of hydrogen-bond acceptors (Lipinski definition) is 4. The third-order valence-corrected chi connectivity index (χ3v) is 3.80. The van der Waals surface area contributed by atoms with E-state index in [2.05, 4.69) is 35.8 Å². The summed E-state index contributed by atoms with van der Waals surface area (Å²) in [6.07, 6.45) is 3.91. The highest BCUT2D eigenvalue weighted by Crippen LogP contribution is 2.14. The van der Waals surface area contributed by atoms with Gasteiger partial charge in [0.15, 0.2) is 0 Å². The summed E-state index contributed by atoms with van der Waals surface area (Å²) in [5, 5.41) is 7.36. The molecule has 0 amide bonds. The van der Waals surface area contributed by atoms with Crippen molar-refractivity contribution < 1.29 is 4.52 Å². The van der Waals surface area contributed by atoms with E-state index < -0.39 is 0 Å². The molecule has 3 aromatic rings. The number of nitrogens with zero attached hydrogens (tertiary/aromatic N) is 3. The van der Waals surface area contributed by atoms with Crippen LogP contribution in [0.4, 0.5) is 0 Å². The predicted octanol–water partition coefficient (Wildman–Crippen LogP) is 2.99. The van der Waals surface area contributed by atoms with Crippen molar-refractivity contribution in [2.75, 3.05) is 0 Å². The van der Waals surface area contributed by atoms with Gasteiger partial charge in [0.1, 0.15) is 11.4 Å². The summed E-state index contributed by atoms with van der Waals surface area (Å²) < 4.78 is 8.27. The minimum atomic E-state index is 0.738. The number of pyridine rings is 1. The first-order valence-corrected chi connectivity index (χ1v) is 7.18. The molecule has 0 aliphatic rings. The zero-order valence-corrected chi connectivity index (χ0v) is 12.9. The highest BCUT2D eigenvalue weighted by atomic mass is 79.9. The van der Waals surface area contributed by atoms with E-state index in [9.17, 15) is 0 Å². The predicted molar refractivity (Wildman–Crippen MR) is 79.4 cm³/mol. The van der Waals surface area contributed by atoms with Crippen LogP contribution in [0.25, 0.3) is 5.65 Å². The van der Waals surface area contributed by atoms with E-state index in [4.69, 9.17) is 4.52 Å². The van der Waals surface area contributed by atoms with Gasteiger partial charge in [-0.2, -0.15) is 0 Å². The average molecular weight is 335 g/mol. The molecule has 0 aliphatic carbocycles. The zero-order chi connectivity index (χ0) is 14.1. The Bertz CT molecular complexity index is 727. The maximum atomic E-state index is 5.16. The number of hydrogen-bond donors (Lipinski definition) is 1. The first-order valence-electron chi connectivity index (χ1n) is 6.39. The van der Waals surface area contributed by atoms with Crippen molar-refractivity contribution in [3.63, 3.8) is 0 Å². The Hall–Kier alpha value is -1.66. The molecule has 0 fully saturated rings. The maximum Gasteiger partial charge on any atom is 0.138 e. The molecule has 0 saturated carbocycles. The summed E-state index contributed by atoms with van der Waals surface area (Å²) in [6.45, 7) is 5.37. The third kappa shape index (κ3) is 2.48. The molecule has 0 aromatic carbocycles. The van der Waals surface area contributed by atoms with Crippen LogP contribution in [0.1, 0.15) is 22.7 Å². The Morgan fingerprint density at radius 2 is 2.15 bits per heavy atom. The van der Waals surface area contributed by atoms with E-state index in [-0.39, 0.29) is 0 Å². The highest BCUT2D eigenvalue weighted by molar-refractivity contribution is 9.10. The Kier molecular flexibility index (Phi) is 3.58. The molecule has 3 rings (SSSR count). The fraction of sp³-hybridized carbons (Fsp3) is 0.286. The molecule has 20 heavy (non-hydrogen) atoms. The van der Waals surface area contributed by atoms with Crippen molar-refractivity contribution >= 4 is 21.6 Å². The summed E-state index contributed by atoms with van der Waals surface area (Å²) in [5.74, 6) is 0.871. The van der Waals surface area contributed by atoms with Gasteiger partial charge in [0.05, 0.1) is 17.6 Å². The van der Waals surface area contributed by atoms with E-state index in [0.29, 0.717) is 0 Å². The second-order valence-corrected chi connectivity index (χ2v) is 5.65. The minimum absolute atomic E-state index is 0.738. The van der Waals surface area contributed by atoms with Gasteiger partial charge >= 0.3 is 0 Å². The second kappa shape index (κ2) is 5.38. The van der Waals surface area contributed by atoms with Gasteiger partial charge in [0, 0.05) is 29.3 Å². The highest BCUT2D eigenvalue weighted by Gasteiger charge is 2.09. The molecule has 0 saturated heterocycles. The summed E-state index contributed by atoms with van der Waals surface area (Å²) in [7, 11) is 0. The van der Waals surface area contributed by atoms with Crippen molar-refractivity contribution in [1.82, 2.24) is 19.9 Å². The Morgan fingerprint density at radius 1 is 1.30 bits per heavy atom. The van der Waals surface area contributed by atoms with Gasteiger partial charge in [-0.1, -0.05) is 5.16 Å². The van der Waals surface area contributed by atoms with Crippen LogP contribution in [0.15, 0.2) is 33.5 Å². The average Bonchev–Trinajstić information content (AvgIpc) is 2.96. The van der Waals surface area contributed by atoms with Gasteiger partial charge in [-0.05, 0) is 41.9 Å². The molecular formula is C14H15BrN4O. The number of halogens is 1. The van der Waals surface area contributed by atoms with E-state index >= 15 is 0 Å². The number of aryl methyl sites for hydroxylation is 2. The lowest BCUT2D eigenvalue weighted by molar-refractivity contribution is 0.392. The largest absolute Gasteiger partial charge is 0.361 e. The van der Waals surface area contributed by atoms with E-state index in [1.54, 1.807) is 0 Å². The molecule has 104 valence electrons. The molecular weight excluding hydrogens is 320 g/mol. The van der Waals surface area contributed by atoms with Crippen LogP contribution in [-0.2, 0) is 13.1 Å². The van der Waals surface area contributed by atoms with Crippen LogP contribution in [0.5, 0.6) is 0 Å². The van der Waals surface area contributed by atoms with E-state index in [0.717, 1.165) is 45.9 Å². The molecule has 0 aliphatic heterocycles. The second-order valence-electron chi connectivity index (χ2n) is 4.73. The first kappa shape index (κ1) is 13.3. The van der Waals surface area contributed by atoms with Gasteiger partial charge in [0.25, 0.3) is 0 Å². The molecule has 0 radical (unpaired) electrons. The van der Waals surface area contributed by atoms with Crippen LogP contribution >= 0.6 is 15.9 Å². The van der Waals surface area contributed by atoms with Crippen LogP contribution in [0.2, 0.25) is 0 Å². The van der Waals surface area contributed by atoms with Crippen LogP contribution in [0, 0.1) is 13.8 Å². The topological polar surface area (TPSA) is 55.4 Å². The zero-order valence-electron chi connectivity index (χ0n) is 11.4. The lowest BCUT2D eigenvalue weighted by Gasteiger charge is -2.05. The summed E-state index contributed by atoms with van der Waals surface area (Å²) in [5.41, 5.74) is 4.13. The SMILES string of the molecule is Cc1noc(C)c1CNCc1cnc2ccc(Br)cn12. The van der Waals surface area contributed by atoms with E-state index in [1.165, 1.54) is 0 Å². The molecule has 0 spiro atoms. The molecule has 1 N–H and O–H groups in total. The lowest BCUT2D eigenvalue weighted by Crippen LogP contribution is -2.14. The molecule has 3 aromatic heterocycles. The molecule has 0 atom stereocenters. The standard InChI is InChI=1S/C14H15BrN4O/c1-9-13(10(2)20-18-9)7-16-5-12-6-17-14-4-3-11(15)8-19(12)14/h3-4,6,8,16H,5,7H2,1-2H3. The normalized spacial score (nSPS) is 11.3. The molecule has 0 unspecified atom stereocenters. The summed E-state index contributed by atoms with van der Waals surface area (Å²) in [6, 6.07) is 3.98. The number of fused-ring (bicyclic) bond motifs is 1. The Morgan fingerprint density at radius 3 is 2.90 bits per heavy atom. The Labute approximate surface area is 125 Å². The monoisotopic (exact) mass is 334 g/mol. The van der Waals surface area contributed by atoms with E-state index in [1.807, 2.05) is 38.4 Å².